The molecular weight excluding hydrogens is 256 g/mol. The van der Waals surface area contributed by atoms with Crippen molar-refractivity contribution in [1.82, 2.24) is 9.88 Å². The zero-order valence-corrected chi connectivity index (χ0v) is 11.2. The quantitative estimate of drug-likeness (QED) is 0.879. The fourth-order valence-electron chi connectivity index (χ4n) is 2.68. The highest BCUT2D eigenvalue weighted by atomic mass is 16.4. The lowest BCUT2D eigenvalue weighted by molar-refractivity contribution is -0.147. The summed E-state index contributed by atoms with van der Waals surface area (Å²) in [6.07, 6.45) is 2.33. The summed E-state index contributed by atoms with van der Waals surface area (Å²) < 4.78 is 0. The minimum atomic E-state index is -0.839. The van der Waals surface area contributed by atoms with Gasteiger partial charge in [-0.05, 0) is 37.6 Å². The molecule has 1 aliphatic rings. The molecule has 1 amide bonds. The van der Waals surface area contributed by atoms with Crippen molar-refractivity contribution in [3.8, 4) is 0 Å². The number of amides is 1. The van der Waals surface area contributed by atoms with Gasteiger partial charge in [-0.25, -0.2) is 0 Å². The predicted octanol–water partition coefficient (Wildman–Crippen LogP) is 2.10. The molecule has 104 valence electrons. The van der Waals surface area contributed by atoms with Gasteiger partial charge in [-0.1, -0.05) is 0 Å². The normalized spacial score (nSPS) is 22.4. The average Bonchev–Trinajstić information content (AvgIpc) is 3.04. The molecule has 20 heavy (non-hydrogen) atoms. The molecule has 0 aliphatic carbocycles. The van der Waals surface area contributed by atoms with Gasteiger partial charge in [0, 0.05) is 35.8 Å². The molecule has 5 heteroatoms. The van der Waals surface area contributed by atoms with E-state index in [1.54, 1.807) is 17.9 Å². The van der Waals surface area contributed by atoms with Gasteiger partial charge in [-0.3, -0.25) is 9.59 Å². The second-order valence-corrected chi connectivity index (χ2v) is 5.62. The number of aromatic nitrogens is 1. The van der Waals surface area contributed by atoms with Crippen molar-refractivity contribution in [2.24, 2.45) is 5.41 Å². The molecule has 0 saturated carbocycles. The summed E-state index contributed by atoms with van der Waals surface area (Å²) in [6.45, 7) is 2.46. The van der Waals surface area contributed by atoms with Gasteiger partial charge >= 0.3 is 5.97 Å². The zero-order valence-electron chi connectivity index (χ0n) is 11.2. The maximum absolute atomic E-state index is 12.4. The monoisotopic (exact) mass is 272 g/mol. The molecule has 0 radical (unpaired) electrons. The fraction of sp³-hybridized carbons (Fsp3) is 0.333. The lowest BCUT2D eigenvalue weighted by Gasteiger charge is -2.20. The molecule has 1 aliphatic heterocycles. The molecule has 0 spiro atoms. The minimum absolute atomic E-state index is 0.0990. The molecule has 1 atom stereocenters. The summed E-state index contributed by atoms with van der Waals surface area (Å²) >= 11 is 0. The highest BCUT2D eigenvalue weighted by Gasteiger charge is 2.42. The first-order valence-corrected chi connectivity index (χ1v) is 6.59. The molecule has 2 aromatic rings. The molecular formula is C15H16N2O3. The molecule has 1 fully saturated rings. The third-order valence-corrected chi connectivity index (χ3v) is 4.08. The van der Waals surface area contributed by atoms with Crippen LogP contribution >= 0.6 is 0 Å². The van der Waals surface area contributed by atoms with Crippen molar-refractivity contribution < 1.29 is 14.7 Å². The third-order valence-electron chi connectivity index (χ3n) is 4.08. The Balaban J connectivity index is 1.84. The van der Waals surface area contributed by atoms with Crippen molar-refractivity contribution in [2.75, 3.05) is 13.1 Å². The summed E-state index contributed by atoms with van der Waals surface area (Å²) in [5.41, 5.74) is 0.762. The second-order valence-electron chi connectivity index (χ2n) is 5.62. The first-order valence-electron chi connectivity index (χ1n) is 6.59. The Bertz CT molecular complexity index is 691. The van der Waals surface area contributed by atoms with E-state index < -0.39 is 11.4 Å². The van der Waals surface area contributed by atoms with E-state index in [-0.39, 0.29) is 12.5 Å². The number of carbonyl (C=O) groups is 2. The Morgan fingerprint density at radius 3 is 2.85 bits per heavy atom. The predicted molar refractivity (Wildman–Crippen MR) is 74.6 cm³/mol. The number of fused-ring (bicyclic) bond motifs is 1. The fourth-order valence-corrected chi connectivity index (χ4v) is 2.68. The molecule has 2 N–H and O–H groups in total. The Kier molecular flexibility index (Phi) is 2.78. The van der Waals surface area contributed by atoms with E-state index in [4.69, 9.17) is 0 Å². The molecule has 1 aromatic heterocycles. The maximum atomic E-state index is 12.4. The highest BCUT2D eigenvalue weighted by Crippen LogP contribution is 2.31. The first kappa shape index (κ1) is 12.7. The van der Waals surface area contributed by atoms with Gasteiger partial charge in [0.25, 0.3) is 5.91 Å². The molecule has 5 nitrogen and oxygen atoms in total. The van der Waals surface area contributed by atoms with E-state index in [0.29, 0.717) is 18.5 Å². The van der Waals surface area contributed by atoms with E-state index in [1.807, 2.05) is 24.4 Å². The van der Waals surface area contributed by atoms with Gasteiger partial charge < -0.3 is 15.0 Å². The third kappa shape index (κ3) is 1.95. The van der Waals surface area contributed by atoms with Gasteiger partial charge in [0.05, 0.1) is 5.41 Å². The van der Waals surface area contributed by atoms with Crippen molar-refractivity contribution in [1.29, 1.82) is 0 Å². The standard InChI is InChI=1S/C15H16N2O3/c1-15(14(19)20)5-7-17(9-15)13(18)11-2-3-12-10(8-11)4-6-16-12/h2-4,6,8,16H,5,7,9H2,1H3,(H,19,20)/t15-/m1/s1. The van der Waals surface area contributed by atoms with Crippen LogP contribution in [0.15, 0.2) is 30.5 Å². The van der Waals surface area contributed by atoms with E-state index in [2.05, 4.69) is 4.98 Å². The summed E-state index contributed by atoms with van der Waals surface area (Å²) in [5, 5.41) is 10.2. The topological polar surface area (TPSA) is 73.4 Å². The van der Waals surface area contributed by atoms with Crippen LogP contribution < -0.4 is 0 Å². The Hall–Kier alpha value is -2.30. The molecule has 0 unspecified atom stereocenters. The van der Waals surface area contributed by atoms with E-state index in [9.17, 15) is 14.7 Å². The van der Waals surface area contributed by atoms with Crippen molar-refractivity contribution >= 4 is 22.8 Å². The molecule has 2 heterocycles. The number of rotatable bonds is 2. The number of carbonyl (C=O) groups excluding carboxylic acids is 1. The lowest BCUT2D eigenvalue weighted by atomic mass is 9.90. The van der Waals surface area contributed by atoms with Crippen LogP contribution in [0.2, 0.25) is 0 Å². The number of aliphatic carboxylic acids is 1. The summed E-state index contributed by atoms with van der Waals surface area (Å²) in [7, 11) is 0. The summed E-state index contributed by atoms with van der Waals surface area (Å²) in [4.78, 5) is 28.4. The number of carboxylic acids is 1. The van der Waals surface area contributed by atoms with Gasteiger partial charge in [-0.15, -0.1) is 0 Å². The van der Waals surface area contributed by atoms with E-state index in [0.717, 1.165) is 10.9 Å². The van der Waals surface area contributed by atoms with Gasteiger partial charge in [0.1, 0.15) is 0 Å². The number of likely N-dealkylation sites (tertiary alicyclic amines) is 1. The highest BCUT2D eigenvalue weighted by molar-refractivity contribution is 5.98. The Morgan fingerprint density at radius 2 is 2.15 bits per heavy atom. The van der Waals surface area contributed by atoms with Crippen LogP contribution in [0.3, 0.4) is 0 Å². The second kappa shape index (κ2) is 4.37. The number of hydrogen-bond donors (Lipinski definition) is 2. The van der Waals surface area contributed by atoms with E-state index in [1.165, 1.54) is 0 Å². The lowest BCUT2D eigenvalue weighted by Crippen LogP contribution is -2.34. The van der Waals surface area contributed by atoms with E-state index >= 15 is 0 Å². The SMILES string of the molecule is C[C@@]1(C(=O)O)CCN(C(=O)c2ccc3[nH]ccc3c2)C1. The average molecular weight is 272 g/mol. The minimum Gasteiger partial charge on any atom is -0.481 e. The number of nitrogens with one attached hydrogen (secondary N) is 1. The van der Waals surface area contributed by atoms with Crippen molar-refractivity contribution in [3.05, 3.63) is 36.0 Å². The number of carboxylic acid groups (broad SMARTS) is 1. The zero-order chi connectivity index (χ0) is 14.3. The van der Waals surface area contributed by atoms with Crippen LogP contribution in [0.5, 0.6) is 0 Å². The Labute approximate surface area is 116 Å². The largest absolute Gasteiger partial charge is 0.481 e. The number of aromatic amines is 1. The van der Waals surface area contributed by atoms with Crippen LogP contribution in [0.4, 0.5) is 0 Å². The summed E-state index contributed by atoms with van der Waals surface area (Å²) in [6, 6.07) is 7.40. The van der Waals surface area contributed by atoms with Crippen molar-refractivity contribution in [2.45, 2.75) is 13.3 Å². The van der Waals surface area contributed by atoms with Crippen molar-refractivity contribution in [3.63, 3.8) is 0 Å². The maximum Gasteiger partial charge on any atom is 0.311 e. The van der Waals surface area contributed by atoms with Crippen LogP contribution in [-0.2, 0) is 4.79 Å². The first-order chi connectivity index (χ1) is 9.49. The summed E-state index contributed by atoms with van der Waals surface area (Å²) in [5.74, 6) is -0.938. The van der Waals surface area contributed by atoms with Crippen LogP contribution in [0.25, 0.3) is 10.9 Å². The molecule has 3 rings (SSSR count). The van der Waals surface area contributed by atoms with Crippen LogP contribution in [0, 0.1) is 5.41 Å². The van der Waals surface area contributed by atoms with Gasteiger partial charge in [0.2, 0.25) is 0 Å². The van der Waals surface area contributed by atoms with Crippen LogP contribution in [0.1, 0.15) is 23.7 Å². The molecule has 1 saturated heterocycles. The number of benzene rings is 1. The van der Waals surface area contributed by atoms with Gasteiger partial charge in [-0.2, -0.15) is 0 Å². The number of nitrogens with zero attached hydrogens (tertiary/aromatic N) is 1. The van der Waals surface area contributed by atoms with Crippen LogP contribution in [-0.4, -0.2) is 40.0 Å². The Morgan fingerprint density at radius 1 is 1.35 bits per heavy atom. The smallest absolute Gasteiger partial charge is 0.311 e. The molecule has 1 aromatic carbocycles. The number of H-pyrrole nitrogens is 1. The van der Waals surface area contributed by atoms with Gasteiger partial charge in [0.15, 0.2) is 0 Å². The molecule has 0 bridgehead atoms. The number of hydrogen-bond acceptors (Lipinski definition) is 2.